The van der Waals surface area contributed by atoms with Gasteiger partial charge >= 0.3 is 5.97 Å². The molecule has 0 radical (unpaired) electrons. The SMILES string of the molecule is COC(=O)[C@H](CC(C)C)NC(=O)CNC(=O)c1cc(C)cc(C)c1. The first-order valence-corrected chi connectivity index (χ1v) is 7.96. The van der Waals surface area contributed by atoms with Gasteiger partial charge in [0.1, 0.15) is 6.04 Å². The molecule has 0 spiro atoms. The van der Waals surface area contributed by atoms with Crippen LogP contribution in [-0.2, 0) is 14.3 Å². The van der Waals surface area contributed by atoms with Crippen LogP contribution in [0, 0.1) is 19.8 Å². The highest BCUT2D eigenvalue weighted by Crippen LogP contribution is 2.09. The van der Waals surface area contributed by atoms with Crippen molar-refractivity contribution in [1.82, 2.24) is 10.6 Å². The monoisotopic (exact) mass is 334 g/mol. The smallest absolute Gasteiger partial charge is 0.328 e. The number of ether oxygens (including phenoxy) is 1. The van der Waals surface area contributed by atoms with E-state index in [4.69, 9.17) is 4.74 Å². The van der Waals surface area contributed by atoms with Crippen LogP contribution in [-0.4, -0.2) is 37.5 Å². The predicted octanol–water partition coefficient (Wildman–Crippen LogP) is 1.74. The molecule has 1 atom stereocenters. The quantitative estimate of drug-likeness (QED) is 0.744. The summed E-state index contributed by atoms with van der Waals surface area (Å²) in [7, 11) is 1.28. The fourth-order valence-electron chi connectivity index (χ4n) is 2.44. The second-order valence-electron chi connectivity index (χ2n) is 6.33. The number of methoxy groups -OCH3 is 1. The Bertz CT molecular complexity index is 591. The van der Waals surface area contributed by atoms with E-state index < -0.39 is 17.9 Å². The number of carbonyl (C=O) groups is 3. The zero-order valence-corrected chi connectivity index (χ0v) is 14.9. The molecule has 0 aliphatic rings. The molecule has 0 aliphatic carbocycles. The van der Waals surface area contributed by atoms with Crippen molar-refractivity contribution in [3.8, 4) is 0 Å². The fraction of sp³-hybridized carbons (Fsp3) is 0.500. The summed E-state index contributed by atoms with van der Waals surface area (Å²) in [4.78, 5) is 35.8. The molecule has 0 saturated carbocycles. The molecule has 2 amide bonds. The second-order valence-corrected chi connectivity index (χ2v) is 6.33. The van der Waals surface area contributed by atoms with Crippen LogP contribution >= 0.6 is 0 Å². The first kappa shape index (κ1) is 19.7. The first-order chi connectivity index (χ1) is 11.2. The molecule has 0 unspecified atom stereocenters. The van der Waals surface area contributed by atoms with E-state index in [-0.39, 0.29) is 18.4 Å². The van der Waals surface area contributed by atoms with Gasteiger partial charge in [0.15, 0.2) is 0 Å². The van der Waals surface area contributed by atoms with Gasteiger partial charge in [-0.05, 0) is 38.3 Å². The minimum absolute atomic E-state index is 0.197. The maximum Gasteiger partial charge on any atom is 0.328 e. The van der Waals surface area contributed by atoms with Crippen LogP contribution in [0.2, 0.25) is 0 Å². The van der Waals surface area contributed by atoms with Gasteiger partial charge in [0.2, 0.25) is 5.91 Å². The van der Waals surface area contributed by atoms with Crippen molar-refractivity contribution in [2.75, 3.05) is 13.7 Å². The van der Waals surface area contributed by atoms with E-state index in [0.717, 1.165) is 11.1 Å². The van der Waals surface area contributed by atoms with Crippen molar-refractivity contribution < 1.29 is 19.1 Å². The Hall–Kier alpha value is -2.37. The average molecular weight is 334 g/mol. The van der Waals surface area contributed by atoms with Crippen LogP contribution in [0.3, 0.4) is 0 Å². The van der Waals surface area contributed by atoms with Gasteiger partial charge in [-0.3, -0.25) is 9.59 Å². The van der Waals surface area contributed by atoms with Crippen LogP contribution in [0.5, 0.6) is 0 Å². The Morgan fingerprint density at radius 1 is 1.08 bits per heavy atom. The molecule has 2 N–H and O–H groups in total. The number of benzene rings is 1. The Balaban J connectivity index is 2.60. The van der Waals surface area contributed by atoms with Gasteiger partial charge in [-0.25, -0.2) is 4.79 Å². The molecular formula is C18H26N2O4. The van der Waals surface area contributed by atoms with E-state index in [1.807, 2.05) is 33.8 Å². The van der Waals surface area contributed by atoms with Crippen LogP contribution in [0.15, 0.2) is 18.2 Å². The average Bonchev–Trinajstić information content (AvgIpc) is 2.49. The van der Waals surface area contributed by atoms with E-state index in [9.17, 15) is 14.4 Å². The first-order valence-electron chi connectivity index (χ1n) is 7.96. The number of rotatable bonds is 7. The maximum atomic E-state index is 12.1. The lowest BCUT2D eigenvalue weighted by Gasteiger charge is -2.18. The van der Waals surface area contributed by atoms with Crippen LogP contribution < -0.4 is 10.6 Å². The summed E-state index contributed by atoms with van der Waals surface area (Å²) in [5.41, 5.74) is 2.46. The van der Waals surface area contributed by atoms with E-state index in [2.05, 4.69) is 10.6 Å². The number of nitrogens with one attached hydrogen (secondary N) is 2. The summed E-state index contributed by atoms with van der Waals surface area (Å²) < 4.78 is 4.69. The summed E-state index contributed by atoms with van der Waals surface area (Å²) in [5.74, 6) is -1.02. The molecule has 6 nitrogen and oxygen atoms in total. The Morgan fingerprint density at radius 3 is 2.17 bits per heavy atom. The van der Waals surface area contributed by atoms with Gasteiger partial charge in [0.05, 0.1) is 13.7 Å². The van der Waals surface area contributed by atoms with Crippen LogP contribution in [0.1, 0.15) is 41.8 Å². The summed E-state index contributed by atoms with van der Waals surface area (Å²) >= 11 is 0. The third-order valence-electron chi connectivity index (χ3n) is 3.42. The van der Waals surface area contributed by atoms with Gasteiger partial charge in [0.25, 0.3) is 5.91 Å². The minimum atomic E-state index is -0.708. The molecule has 0 bridgehead atoms. The second kappa shape index (κ2) is 9.05. The lowest BCUT2D eigenvalue weighted by molar-refractivity contribution is -0.145. The molecule has 0 aliphatic heterocycles. The molecule has 1 aromatic rings. The summed E-state index contributed by atoms with van der Waals surface area (Å²) in [6.07, 6.45) is 0.476. The molecule has 0 fully saturated rings. The van der Waals surface area contributed by atoms with Gasteiger partial charge in [-0.15, -0.1) is 0 Å². The third-order valence-corrected chi connectivity index (χ3v) is 3.42. The highest BCUT2D eigenvalue weighted by Gasteiger charge is 2.22. The standard InChI is InChI=1S/C18H26N2O4/c1-11(2)6-15(18(23)24-5)20-16(21)10-19-17(22)14-8-12(3)7-13(4)9-14/h7-9,11,15H,6,10H2,1-5H3,(H,19,22)(H,20,21)/t15-/m0/s1. The van der Waals surface area contributed by atoms with Crippen molar-refractivity contribution in [2.24, 2.45) is 5.92 Å². The minimum Gasteiger partial charge on any atom is -0.467 e. The number of aryl methyl sites for hydroxylation is 2. The zero-order valence-electron chi connectivity index (χ0n) is 14.9. The van der Waals surface area contributed by atoms with E-state index in [1.165, 1.54) is 7.11 Å². The maximum absolute atomic E-state index is 12.1. The van der Waals surface area contributed by atoms with Gasteiger partial charge < -0.3 is 15.4 Å². The van der Waals surface area contributed by atoms with Gasteiger partial charge in [-0.1, -0.05) is 31.0 Å². The number of hydrogen-bond acceptors (Lipinski definition) is 4. The zero-order chi connectivity index (χ0) is 18.3. The summed E-state index contributed by atoms with van der Waals surface area (Å²) in [6, 6.07) is 4.78. The van der Waals surface area contributed by atoms with Crippen molar-refractivity contribution in [1.29, 1.82) is 0 Å². The fourth-order valence-corrected chi connectivity index (χ4v) is 2.44. The molecular weight excluding hydrogens is 308 g/mol. The van der Waals surface area contributed by atoms with Crippen molar-refractivity contribution >= 4 is 17.8 Å². The highest BCUT2D eigenvalue weighted by molar-refractivity contribution is 5.97. The molecule has 0 aromatic heterocycles. The highest BCUT2D eigenvalue weighted by atomic mass is 16.5. The van der Waals surface area contributed by atoms with Crippen molar-refractivity contribution in [3.05, 3.63) is 34.9 Å². The van der Waals surface area contributed by atoms with Gasteiger partial charge in [0, 0.05) is 5.56 Å². The Kier molecular flexibility index (Phi) is 7.42. The summed E-state index contributed by atoms with van der Waals surface area (Å²) in [5, 5.41) is 5.17. The van der Waals surface area contributed by atoms with E-state index in [1.54, 1.807) is 12.1 Å². The molecule has 6 heteroatoms. The lowest BCUT2D eigenvalue weighted by Crippen LogP contribution is -2.46. The molecule has 0 heterocycles. The van der Waals surface area contributed by atoms with Crippen LogP contribution in [0.25, 0.3) is 0 Å². The number of hydrogen-bond donors (Lipinski definition) is 2. The lowest BCUT2D eigenvalue weighted by atomic mass is 10.0. The van der Waals surface area contributed by atoms with Crippen molar-refractivity contribution in [3.63, 3.8) is 0 Å². The molecule has 1 aromatic carbocycles. The Morgan fingerprint density at radius 2 is 1.67 bits per heavy atom. The normalized spacial score (nSPS) is 11.8. The van der Waals surface area contributed by atoms with E-state index >= 15 is 0 Å². The molecule has 24 heavy (non-hydrogen) atoms. The third kappa shape index (κ3) is 6.40. The largest absolute Gasteiger partial charge is 0.467 e. The van der Waals surface area contributed by atoms with Gasteiger partial charge in [-0.2, -0.15) is 0 Å². The number of carbonyl (C=O) groups excluding carboxylic acids is 3. The van der Waals surface area contributed by atoms with Crippen molar-refractivity contribution in [2.45, 2.75) is 40.2 Å². The molecule has 1 rings (SSSR count). The number of esters is 1. The molecule has 132 valence electrons. The van der Waals surface area contributed by atoms with Crippen LogP contribution in [0.4, 0.5) is 0 Å². The predicted molar refractivity (Wildman–Crippen MR) is 91.7 cm³/mol. The van der Waals surface area contributed by atoms with E-state index in [0.29, 0.717) is 12.0 Å². The Labute approximate surface area is 143 Å². The molecule has 0 saturated heterocycles. The topological polar surface area (TPSA) is 84.5 Å². The number of amides is 2. The summed E-state index contributed by atoms with van der Waals surface area (Å²) in [6.45, 7) is 7.51.